The Morgan fingerprint density at radius 1 is 0.781 bits per heavy atom. The smallest absolute Gasteiger partial charge is 0.259 e. The van der Waals surface area contributed by atoms with Crippen LogP contribution < -0.4 is 0 Å². The summed E-state index contributed by atoms with van der Waals surface area (Å²) >= 11 is 0. The summed E-state index contributed by atoms with van der Waals surface area (Å²) in [6.07, 6.45) is 0.390. The third-order valence-corrected chi connectivity index (χ3v) is 7.99. The van der Waals surface area contributed by atoms with E-state index in [0.29, 0.717) is 37.8 Å². The minimum Gasteiger partial charge on any atom is -0.321 e. The Kier molecular flexibility index (Phi) is 18.8. The fraction of sp³-hybridized carbons (Fsp3) is 0.958. The van der Waals surface area contributed by atoms with Crippen molar-refractivity contribution in [1.82, 2.24) is 19.4 Å². The van der Waals surface area contributed by atoms with E-state index < -0.39 is 8.53 Å². The molecule has 0 N–H and O–H groups in total. The molecule has 190 valence electrons. The van der Waals surface area contributed by atoms with Crippen LogP contribution in [0.4, 0.5) is 0 Å². The average Bonchev–Trinajstić information content (AvgIpc) is 2.76. The zero-order valence-corrected chi connectivity index (χ0v) is 23.4. The normalized spacial score (nSPS) is 14.3. The van der Waals surface area contributed by atoms with Crippen molar-refractivity contribution in [3.05, 3.63) is 0 Å². The van der Waals surface area contributed by atoms with Crippen LogP contribution in [0, 0.1) is 11.3 Å². The second kappa shape index (κ2) is 19.0. The summed E-state index contributed by atoms with van der Waals surface area (Å²) in [5.41, 5.74) is 0. The molecule has 0 spiro atoms. The molecule has 0 aromatic rings. The Morgan fingerprint density at radius 3 is 1.75 bits per heavy atom. The Morgan fingerprint density at radius 2 is 1.31 bits per heavy atom. The lowest BCUT2D eigenvalue weighted by Crippen LogP contribution is -2.48. The van der Waals surface area contributed by atoms with E-state index in [2.05, 4.69) is 87.8 Å². The van der Waals surface area contributed by atoms with Gasteiger partial charge in [0.15, 0.2) is 0 Å². The van der Waals surface area contributed by atoms with Crippen molar-refractivity contribution in [3.63, 3.8) is 0 Å². The molecule has 0 radical (unpaired) electrons. The molecule has 32 heavy (non-hydrogen) atoms. The van der Waals surface area contributed by atoms with E-state index in [1.165, 1.54) is 0 Å². The monoisotopic (exact) mass is 473 g/mol. The molecule has 0 aliphatic carbocycles. The summed E-state index contributed by atoms with van der Waals surface area (Å²) in [5, 5.41) is 8.95. The van der Waals surface area contributed by atoms with Gasteiger partial charge < -0.3 is 18.8 Å². The molecule has 2 atom stereocenters. The Balaban J connectivity index is 5.34. The molecule has 8 heteroatoms. The fourth-order valence-electron chi connectivity index (χ4n) is 3.98. The van der Waals surface area contributed by atoms with E-state index in [1.807, 2.05) is 0 Å². The third-order valence-electron chi connectivity index (χ3n) is 5.91. The topological polar surface area (TPSA) is 55.2 Å². The molecule has 0 aromatic heterocycles. The molecule has 0 aliphatic rings. The zero-order valence-electron chi connectivity index (χ0n) is 22.5. The molecule has 0 aromatic carbocycles. The first-order valence-corrected chi connectivity index (χ1v) is 13.8. The molecule has 0 aliphatic heterocycles. The molecular weight excluding hydrogens is 421 g/mol. The molecule has 0 bridgehead atoms. The highest BCUT2D eigenvalue weighted by Gasteiger charge is 2.29. The molecule has 1 unspecified atom stereocenters. The lowest BCUT2D eigenvalue weighted by atomic mass is 10.2. The molecule has 0 heterocycles. The minimum absolute atomic E-state index is 0.312. The maximum absolute atomic E-state index is 8.95. The molecule has 0 rings (SSSR count). The van der Waals surface area contributed by atoms with Crippen LogP contribution in [0.15, 0.2) is 0 Å². The first-order chi connectivity index (χ1) is 15.3. The van der Waals surface area contributed by atoms with Crippen LogP contribution >= 0.6 is 8.53 Å². The molecule has 0 saturated heterocycles. The Bertz CT molecular complexity index is 474. The summed E-state index contributed by atoms with van der Waals surface area (Å²) in [7, 11) is -1.21. The maximum Gasteiger partial charge on any atom is 0.259 e. The standard InChI is InChI=1S/C24H52N5O2P/c1-10-26(11-2)17-18-27(12-3)20-24(28(13-4)14-5)21-31-32(30-19-15-16-25)29(22(6)7)23(8)9/h22-24H,10-15,17-21H2,1-9H3/t24-,32?/m1/s1. The largest absolute Gasteiger partial charge is 0.321 e. The second-order valence-electron chi connectivity index (χ2n) is 8.64. The lowest BCUT2D eigenvalue weighted by Gasteiger charge is -2.38. The van der Waals surface area contributed by atoms with Crippen LogP contribution in [0.5, 0.6) is 0 Å². The first-order valence-electron chi connectivity index (χ1n) is 12.7. The predicted molar refractivity (Wildman–Crippen MR) is 138 cm³/mol. The number of nitriles is 1. The van der Waals surface area contributed by atoms with Crippen molar-refractivity contribution in [2.75, 3.05) is 65.6 Å². The second-order valence-corrected chi connectivity index (χ2v) is 10.1. The highest BCUT2D eigenvalue weighted by Crippen LogP contribution is 2.46. The highest BCUT2D eigenvalue weighted by molar-refractivity contribution is 7.44. The van der Waals surface area contributed by atoms with Crippen molar-refractivity contribution in [1.29, 1.82) is 5.26 Å². The predicted octanol–water partition coefficient (Wildman–Crippen LogP) is 4.65. The summed E-state index contributed by atoms with van der Waals surface area (Å²) in [4.78, 5) is 7.53. The van der Waals surface area contributed by atoms with Gasteiger partial charge in [-0.3, -0.25) is 4.90 Å². The van der Waals surface area contributed by atoms with E-state index in [1.54, 1.807) is 0 Å². The van der Waals surface area contributed by atoms with Gasteiger partial charge in [-0.05, 0) is 60.4 Å². The van der Waals surface area contributed by atoms with Crippen molar-refractivity contribution < 1.29 is 9.05 Å². The van der Waals surface area contributed by atoms with Gasteiger partial charge in [0, 0.05) is 37.8 Å². The minimum atomic E-state index is -1.21. The van der Waals surface area contributed by atoms with Crippen LogP contribution in [0.1, 0.15) is 68.7 Å². The van der Waals surface area contributed by atoms with Gasteiger partial charge >= 0.3 is 0 Å². The van der Waals surface area contributed by atoms with E-state index in [-0.39, 0.29) is 0 Å². The quantitative estimate of drug-likeness (QED) is 0.188. The van der Waals surface area contributed by atoms with Crippen LogP contribution in [0.2, 0.25) is 0 Å². The van der Waals surface area contributed by atoms with Crippen LogP contribution in [-0.2, 0) is 9.05 Å². The van der Waals surface area contributed by atoms with Crippen molar-refractivity contribution in [3.8, 4) is 6.07 Å². The maximum atomic E-state index is 8.95. The van der Waals surface area contributed by atoms with Gasteiger partial charge in [-0.1, -0.05) is 34.6 Å². The van der Waals surface area contributed by atoms with Gasteiger partial charge in [0.1, 0.15) is 0 Å². The molecule has 7 nitrogen and oxygen atoms in total. The van der Waals surface area contributed by atoms with Gasteiger partial charge in [0.25, 0.3) is 8.53 Å². The average molecular weight is 474 g/mol. The number of rotatable bonds is 20. The summed E-state index contributed by atoms with van der Waals surface area (Å²) in [6, 6.07) is 3.13. The van der Waals surface area contributed by atoms with E-state index in [4.69, 9.17) is 14.3 Å². The number of hydrogen-bond acceptors (Lipinski definition) is 7. The molecule has 0 fully saturated rings. The third kappa shape index (κ3) is 12.2. The van der Waals surface area contributed by atoms with Crippen LogP contribution in [0.3, 0.4) is 0 Å². The van der Waals surface area contributed by atoms with Crippen molar-refractivity contribution >= 4 is 8.53 Å². The van der Waals surface area contributed by atoms with Crippen molar-refractivity contribution in [2.24, 2.45) is 0 Å². The van der Waals surface area contributed by atoms with Gasteiger partial charge in [0.2, 0.25) is 0 Å². The van der Waals surface area contributed by atoms with E-state index in [0.717, 1.165) is 52.4 Å². The SMILES string of the molecule is CCN(CC)CCN(CC)C[C@H](COP(OCCC#N)N(C(C)C)C(C)C)N(CC)CC. The van der Waals surface area contributed by atoms with Crippen molar-refractivity contribution in [2.45, 2.75) is 86.9 Å². The van der Waals surface area contributed by atoms with Gasteiger partial charge in [-0.2, -0.15) is 5.26 Å². The highest BCUT2D eigenvalue weighted by atomic mass is 31.2. The summed E-state index contributed by atoms with van der Waals surface area (Å²) < 4.78 is 14.9. The van der Waals surface area contributed by atoms with Gasteiger partial charge in [-0.15, -0.1) is 0 Å². The van der Waals surface area contributed by atoms with Gasteiger partial charge in [0.05, 0.1) is 25.7 Å². The number of hydrogen-bond donors (Lipinski definition) is 0. The van der Waals surface area contributed by atoms with E-state index in [9.17, 15) is 0 Å². The number of likely N-dealkylation sites (N-methyl/N-ethyl adjacent to an activating group) is 3. The summed E-state index contributed by atoms with van der Waals surface area (Å²) in [5.74, 6) is 0. The molecular formula is C24H52N5O2P. The van der Waals surface area contributed by atoms with Gasteiger partial charge in [-0.25, -0.2) is 4.67 Å². The first kappa shape index (κ1) is 31.7. The Hall–Kier alpha value is -0.320. The Labute approximate surface area is 201 Å². The fourth-order valence-corrected chi connectivity index (χ4v) is 5.62. The summed E-state index contributed by atoms with van der Waals surface area (Å²) in [6.45, 7) is 29.4. The van der Waals surface area contributed by atoms with Crippen LogP contribution in [-0.4, -0.2) is 103 Å². The molecule has 0 saturated carbocycles. The molecule has 0 amide bonds. The zero-order chi connectivity index (χ0) is 24.5. The lowest BCUT2D eigenvalue weighted by molar-refractivity contribution is 0.0869. The number of nitrogens with zero attached hydrogens (tertiary/aromatic N) is 5. The van der Waals surface area contributed by atoms with E-state index >= 15 is 0 Å². The van der Waals surface area contributed by atoms with Crippen LogP contribution in [0.25, 0.3) is 0 Å².